The number of rotatable bonds is 3. The predicted molar refractivity (Wildman–Crippen MR) is 84.2 cm³/mol. The van der Waals surface area contributed by atoms with Gasteiger partial charge < -0.3 is 5.11 Å². The van der Waals surface area contributed by atoms with E-state index in [1.54, 1.807) is 37.3 Å². The van der Waals surface area contributed by atoms with Gasteiger partial charge in [-0.05, 0) is 37.3 Å². The van der Waals surface area contributed by atoms with Gasteiger partial charge in [0.1, 0.15) is 5.75 Å². The largest absolute Gasteiger partial charge is 0.508 e. The standard InChI is InChI=1S/C15H12Cl2N2O2/c1-9(10-3-2-4-12(20)7-10)18-19-15(21)13-6-5-11(16)8-14(13)17/h2-8,20H,1H3,(H,19,21). The van der Waals surface area contributed by atoms with Crippen LogP contribution in [0, 0.1) is 0 Å². The third-order valence-electron chi connectivity index (χ3n) is 2.76. The Morgan fingerprint density at radius 3 is 2.62 bits per heavy atom. The lowest BCUT2D eigenvalue weighted by Crippen LogP contribution is -2.19. The summed E-state index contributed by atoms with van der Waals surface area (Å²) >= 11 is 11.7. The first-order chi connectivity index (χ1) is 9.97. The maximum Gasteiger partial charge on any atom is 0.272 e. The predicted octanol–water partition coefficient (Wildman–Crippen LogP) is 3.85. The number of hydrogen-bond acceptors (Lipinski definition) is 3. The Bertz CT molecular complexity index is 715. The SMILES string of the molecule is CC(=NNC(=O)c1ccc(Cl)cc1Cl)c1cccc(O)c1. The monoisotopic (exact) mass is 322 g/mol. The van der Waals surface area contributed by atoms with Crippen LogP contribution in [-0.4, -0.2) is 16.7 Å². The molecule has 2 N–H and O–H groups in total. The summed E-state index contributed by atoms with van der Waals surface area (Å²) in [5.41, 5.74) is 3.97. The van der Waals surface area contributed by atoms with E-state index in [-0.39, 0.29) is 16.3 Å². The fourth-order valence-corrected chi connectivity index (χ4v) is 2.16. The van der Waals surface area contributed by atoms with E-state index in [1.807, 2.05) is 0 Å². The Balaban J connectivity index is 2.14. The number of nitrogens with one attached hydrogen (secondary N) is 1. The van der Waals surface area contributed by atoms with Gasteiger partial charge in [0, 0.05) is 10.6 Å². The normalized spacial score (nSPS) is 11.3. The number of halogens is 2. The van der Waals surface area contributed by atoms with Gasteiger partial charge in [-0.3, -0.25) is 4.79 Å². The molecule has 4 nitrogen and oxygen atoms in total. The Hall–Kier alpha value is -2.04. The van der Waals surface area contributed by atoms with Crippen LogP contribution in [0.4, 0.5) is 0 Å². The molecule has 0 aliphatic rings. The van der Waals surface area contributed by atoms with Crippen LogP contribution < -0.4 is 5.43 Å². The van der Waals surface area contributed by atoms with Gasteiger partial charge in [0.15, 0.2) is 0 Å². The zero-order chi connectivity index (χ0) is 15.4. The molecule has 0 radical (unpaired) electrons. The first kappa shape index (κ1) is 15.4. The molecule has 0 atom stereocenters. The highest BCUT2D eigenvalue weighted by Gasteiger charge is 2.10. The molecule has 21 heavy (non-hydrogen) atoms. The van der Waals surface area contributed by atoms with E-state index in [0.29, 0.717) is 16.3 Å². The second kappa shape index (κ2) is 6.61. The number of phenols is 1. The van der Waals surface area contributed by atoms with E-state index in [1.165, 1.54) is 12.1 Å². The highest BCUT2D eigenvalue weighted by atomic mass is 35.5. The first-order valence-corrected chi connectivity index (χ1v) is 6.82. The molecule has 0 aliphatic carbocycles. The number of carbonyl (C=O) groups excluding carboxylic acids is 1. The summed E-state index contributed by atoms with van der Waals surface area (Å²) in [5.74, 6) is -0.301. The fourth-order valence-electron chi connectivity index (χ4n) is 1.66. The summed E-state index contributed by atoms with van der Waals surface area (Å²) in [6.45, 7) is 1.72. The van der Waals surface area contributed by atoms with Crippen LogP contribution in [0.2, 0.25) is 10.0 Å². The second-order valence-corrected chi connectivity index (χ2v) is 5.16. The molecule has 2 rings (SSSR count). The molecule has 0 aliphatic heterocycles. The van der Waals surface area contributed by atoms with E-state index >= 15 is 0 Å². The molecule has 0 saturated heterocycles. The lowest BCUT2D eigenvalue weighted by molar-refractivity contribution is 0.0955. The molecule has 6 heteroatoms. The van der Waals surface area contributed by atoms with Crippen LogP contribution in [0.25, 0.3) is 0 Å². The van der Waals surface area contributed by atoms with Crippen molar-refractivity contribution < 1.29 is 9.90 Å². The van der Waals surface area contributed by atoms with E-state index < -0.39 is 5.91 Å². The molecular formula is C15H12Cl2N2O2. The maximum absolute atomic E-state index is 12.0. The van der Waals surface area contributed by atoms with Crippen LogP contribution in [0.5, 0.6) is 5.75 Å². The van der Waals surface area contributed by atoms with Crippen molar-refractivity contribution >= 4 is 34.8 Å². The summed E-state index contributed by atoms with van der Waals surface area (Å²) in [5, 5.41) is 14.1. The Labute approximate surface area is 132 Å². The zero-order valence-corrected chi connectivity index (χ0v) is 12.6. The van der Waals surface area contributed by atoms with E-state index in [9.17, 15) is 9.90 Å². The third kappa shape index (κ3) is 3.97. The summed E-state index contributed by atoms with van der Waals surface area (Å²) < 4.78 is 0. The second-order valence-electron chi connectivity index (χ2n) is 4.31. The van der Waals surface area contributed by atoms with Gasteiger partial charge in [-0.25, -0.2) is 5.43 Å². The average Bonchev–Trinajstić information content (AvgIpc) is 2.44. The quantitative estimate of drug-likeness (QED) is 0.666. The topological polar surface area (TPSA) is 61.7 Å². The molecule has 0 unspecified atom stereocenters. The van der Waals surface area contributed by atoms with Gasteiger partial charge in [0.25, 0.3) is 5.91 Å². The number of hydrogen-bond donors (Lipinski definition) is 2. The van der Waals surface area contributed by atoms with Crippen molar-refractivity contribution in [2.45, 2.75) is 6.92 Å². The number of aromatic hydroxyl groups is 1. The van der Waals surface area contributed by atoms with E-state index in [4.69, 9.17) is 23.2 Å². The van der Waals surface area contributed by atoms with Gasteiger partial charge in [-0.1, -0.05) is 35.3 Å². The number of hydrazone groups is 1. The summed E-state index contributed by atoms with van der Waals surface area (Å²) in [7, 11) is 0. The zero-order valence-electron chi connectivity index (χ0n) is 11.1. The van der Waals surface area contributed by atoms with Crippen LogP contribution in [0.3, 0.4) is 0 Å². The highest BCUT2D eigenvalue weighted by molar-refractivity contribution is 6.36. The van der Waals surface area contributed by atoms with Gasteiger partial charge in [-0.15, -0.1) is 0 Å². The Morgan fingerprint density at radius 2 is 1.95 bits per heavy atom. The molecule has 108 valence electrons. The number of nitrogens with zero attached hydrogens (tertiary/aromatic N) is 1. The number of benzene rings is 2. The minimum Gasteiger partial charge on any atom is -0.508 e. The van der Waals surface area contributed by atoms with Crippen molar-refractivity contribution in [3.05, 3.63) is 63.6 Å². The third-order valence-corrected chi connectivity index (χ3v) is 3.31. The smallest absolute Gasteiger partial charge is 0.272 e. The molecule has 0 spiro atoms. The Kier molecular flexibility index (Phi) is 4.83. The molecule has 1 amide bonds. The van der Waals surface area contributed by atoms with Gasteiger partial charge in [0.2, 0.25) is 0 Å². The van der Waals surface area contributed by atoms with Crippen molar-refractivity contribution in [2.24, 2.45) is 5.10 Å². The van der Waals surface area contributed by atoms with Crippen LogP contribution in [0.1, 0.15) is 22.8 Å². The molecule has 2 aromatic rings. The summed E-state index contributed by atoms with van der Waals surface area (Å²) in [4.78, 5) is 12.0. The molecule has 0 bridgehead atoms. The molecule has 0 aromatic heterocycles. The molecular weight excluding hydrogens is 311 g/mol. The van der Waals surface area contributed by atoms with Crippen LogP contribution in [-0.2, 0) is 0 Å². The molecule has 0 heterocycles. The van der Waals surface area contributed by atoms with Crippen molar-refractivity contribution in [3.8, 4) is 5.75 Å². The van der Waals surface area contributed by atoms with Crippen molar-refractivity contribution in [1.29, 1.82) is 0 Å². The van der Waals surface area contributed by atoms with E-state index in [0.717, 1.165) is 0 Å². The fraction of sp³-hybridized carbons (Fsp3) is 0.0667. The van der Waals surface area contributed by atoms with Crippen molar-refractivity contribution in [2.75, 3.05) is 0 Å². The number of carbonyl (C=O) groups is 1. The minimum absolute atomic E-state index is 0.133. The average molecular weight is 323 g/mol. The van der Waals surface area contributed by atoms with Gasteiger partial charge >= 0.3 is 0 Å². The summed E-state index contributed by atoms with van der Waals surface area (Å²) in [6.07, 6.45) is 0. The molecule has 0 saturated carbocycles. The minimum atomic E-state index is -0.434. The number of amides is 1. The van der Waals surface area contributed by atoms with Gasteiger partial charge in [0.05, 0.1) is 16.3 Å². The molecule has 2 aromatic carbocycles. The van der Waals surface area contributed by atoms with Crippen LogP contribution in [0.15, 0.2) is 47.6 Å². The summed E-state index contributed by atoms with van der Waals surface area (Å²) in [6, 6.07) is 11.2. The Morgan fingerprint density at radius 1 is 1.19 bits per heavy atom. The first-order valence-electron chi connectivity index (χ1n) is 6.06. The van der Waals surface area contributed by atoms with Crippen molar-refractivity contribution in [3.63, 3.8) is 0 Å². The van der Waals surface area contributed by atoms with Gasteiger partial charge in [-0.2, -0.15) is 5.10 Å². The molecule has 0 fully saturated rings. The van der Waals surface area contributed by atoms with Crippen molar-refractivity contribution in [1.82, 2.24) is 5.43 Å². The van der Waals surface area contributed by atoms with E-state index in [2.05, 4.69) is 10.5 Å². The lowest BCUT2D eigenvalue weighted by atomic mass is 10.1. The number of phenolic OH excluding ortho intramolecular Hbond substituents is 1. The van der Waals surface area contributed by atoms with Crippen LogP contribution >= 0.6 is 23.2 Å². The highest BCUT2D eigenvalue weighted by Crippen LogP contribution is 2.20. The lowest BCUT2D eigenvalue weighted by Gasteiger charge is -2.05. The maximum atomic E-state index is 12.0.